The molecule has 0 spiro atoms. The molecule has 106 valence electrons. The van der Waals surface area contributed by atoms with E-state index in [1.807, 2.05) is 0 Å². The summed E-state index contributed by atoms with van der Waals surface area (Å²) in [6.45, 7) is 1.70. The second-order valence-electron chi connectivity index (χ2n) is 4.91. The molecule has 1 heterocycles. The quantitative estimate of drug-likeness (QED) is 0.856. The summed E-state index contributed by atoms with van der Waals surface area (Å²) < 4.78 is 39.7. The van der Waals surface area contributed by atoms with Crippen LogP contribution in [0.1, 0.15) is 18.4 Å². The van der Waals surface area contributed by atoms with Crippen molar-refractivity contribution in [3.8, 4) is 0 Å². The van der Waals surface area contributed by atoms with Crippen LogP contribution in [0, 0.1) is 11.7 Å². The van der Waals surface area contributed by atoms with Crippen molar-refractivity contribution >= 4 is 10.0 Å². The Morgan fingerprint density at radius 2 is 2.16 bits per heavy atom. The topological polar surface area (TPSA) is 58.2 Å². The van der Waals surface area contributed by atoms with E-state index >= 15 is 0 Å². The lowest BCUT2D eigenvalue weighted by Crippen LogP contribution is -2.37. The van der Waals surface area contributed by atoms with Crippen molar-refractivity contribution in [3.05, 3.63) is 35.6 Å². The Hall–Kier alpha value is -0.980. The number of piperidine rings is 1. The van der Waals surface area contributed by atoms with Gasteiger partial charge in [-0.3, -0.25) is 0 Å². The molecule has 1 aromatic rings. The van der Waals surface area contributed by atoms with Gasteiger partial charge in [0.15, 0.2) is 0 Å². The van der Waals surface area contributed by atoms with Crippen LogP contribution in [0.3, 0.4) is 0 Å². The molecule has 1 saturated heterocycles. The second kappa shape index (κ2) is 6.45. The average Bonchev–Trinajstić information content (AvgIpc) is 2.38. The highest BCUT2D eigenvalue weighted by molar-refractivity contribution is 7.89. The molecule has 1 unspecified atom stereocenters. The Labute approximate surface area is 113 Å². The number of halogens is 1. The maximum absolute atomic E-state index is 13.4. The summed E-state index contributed by atoms with van der Waals surface area (Å²) in [4.78, 5) is 0. The van der Waals surface area contributed by atoms with Gasteiger partial charge in [0.1, 0.15) is 5.82 Å². The number of sulfonamides is 1. The standard InChI is InChI=1S/C13H19FN2O2S/c14-13-6-2-1-5-12(13)9-16-19(17,18)10-11-4-3-7-15-8-11/h1-2,5-6,11,15-16H,3-4,7-10H2. The molecule has 1 fully saturated rings. The van der Waals surface area contributed by atoms with Crippen LogP contribution in [0.15, 0.2) is 24.3 Å². The molecule has 0 saturated carbocycles. The zero-order valence-corrected chi connectivity index (χ0v) is 11.5. The van der Waals surface area contributed by atoms with E-state index in [4.69, 9.17) is 0 Å². The Morgan fingerprint density at radius 3 is 2.84 bits per heavy atom. The molecule has 6 heteroatoms. The largest absolute Gasteiger partial charge is 0.316 e. The summed E-state index contributed by atoms with van der Waals surface area (Å²) in [6, 6.07) is 6.19. The van der Waals surface area contributed by atoms with E-state index in [0.717, 1.165) is 25.9 Å². The molecule has 4 nitrogen and oxygen atoms in total. The van der Waals surface area contributed by atoms with Crippen LogP contribution in [0.4, 0.5) is 4.39 Å². The fraction of sp³-hybridized carbons (Fsp3) is 0.538. The number of rotatable bonds is 5. The summed E-state index contributed by atoms with van der Waals surface area (Å²) in [6.07, 6.45) is 1.93. The van der Waals surface area contributed by atoms with E-state index in [1.165, 1.54) is 6.07 Å². The van der Waals surface area contributed by atoms with E-state index in [0.29, 0.717) is 5.56 Å². The molecule has 1 aliphatic rings. The Morgan fingerprint density at radius 1 is 1.37 bits per heavy atom. The molecule has 0 radical (unpaired) electrons. The fourth-order valence-electron chi connectivity index (χ4n) is 2.26. The Balaban J connectivity index is 1.88. The van der Waals surface area contributed by atoms with E-state index in [1.54, 1.807) is 18.2 Å². The molecule has 2 rings (SSSR count). The van der Waals surface area contributed by atoms with Crippen LogP contribution < -0.4 is 10.0 Å². The molecule has 0 aliphatic carbocycles. The molecule has 2 N–H and O–H groups in total. The van der Waals surface area contributed by atoms with Crippen LogP contribution in [0.5, 0.6) is 0 Å². The van der Waals surface area contributed by atoms with Gasteiger partial charge in [-0.15, -0.1) is 0 Å². The lowest BCUT2D eigenvalue weighted by molar-refractivity contribution is 0.402. The van der Waals surface area contributed by atoms with Crippen LogP contribution in [-0.4, -0.2) is 27.3 Å². The number of hydrogen-bond acceptors (Lipinski definition) is 3. The first-order valence-corrected chi connectivity index (χ1v) is 8.13. The van der Waals surface area contributed by atoms with Gasteiger partial charge in [0.2, 0.25) is 10.0 Å². The van der Waals surface area contributed by atoms with Gasteiger partial charge < -0.3 is 5.32 Å². The average molecular weight is 286 g/mol. The van der Waals surface area contributed by atoms with Crippen LogP contribution >= 0.6 is 0 Å². The van der Waals surface area contributed by atoms with Gasteiger partial charge in [0.25, 0.3) is 0 Å². The number of nitrogens with one attached hydrogen (secondary N) is 2. The first-order chi connectivity index (χ1) is 9.07. The second-order valence-corrected chi connectivity index (χ2v) is 6.76. The van der Waals surface area contributed by atoms with Crippen molar-refractivity contribution < 1.29 is 12.8 Å². The normalized spacial score (nSPS) is 20.4. The highest BCUT2D eigenvalue weighted by atomic mass is 32.2. The SMILES string of the molecule is O=S(=O)(CC1CCCNC1)NCc1ccccc1F. The molecule has 0 aromatic heterocycles. The Kier molecular flexibility index (Phi) is 4.90. The van der Waals surface area contributed by atoms with E-state index in [9.17, 15) is 12.8 Å². The smallest absolute Gasteiger partial charge is 0.212 e. The monoisotopic (exact) mass is 286 g/mol. The minimum atomic E-state index is -3.35. The number of hydrogen-bond donors (Lipinski definition) is 2. The molecular formula is C13H19FN2O2S. The van der Waals surface area contributed by atoms with Gasteiger partial charge in [-0.25, -0.2) is 17.5 Å². The molecule has 1 atom stereocenters. The first kappa shape index (κ1) is 14.4. The first-order valence-electron chi connectivity index (χ1n) is 6.48. The number of benzene rings is 1. The zero-order valence-electron chi connectivity index (χ0n) is 10.7. The van der Waals surface area contributed by atoms with Gasteiger partial charge in [-0.2, -0.15) is 0 Å². The van der Waals surface area contributed by atoms with Gasteiger partial charge >= 0.3 is 0 Å². The third-order valence-electron chi connectivity index (χ3n) is 3.29. The van der Waals surface area contributed by atoms with E-state index in [2.05, 4.69) is 10.0 Å². The van der Waals surface area contributed by atoms with Crippen molar-refractivity contribution in [1.29, 1.82) is 0 Å². The zero-order chi connectivity index (χ0) is 13.7. The summed E-state index contributed by atoms with van der Waals surface area (Å²) >= 11 is 0. The van der Waals surface area contributed by atoms with Crippen LogP contribution in [0.2, 0.25) is 0 Å². The van der Waals surface area contributed by atoms with Crippen LogP contribution in [0.25, 0.3) is 0 Å². The maximum Gasteiger partial charge on any atom is 0.212 e. The lowest BCUT2D eigenvalue weighted by atomic mass is 10.0. The van der Waals surface area contributed by atoms with Crippen LogP contribution in [-0.2, 0) is 16.6 Å². The predicted molar refractivity (Wildman–Crippen MR) is 72.6 cm³/mol. The van der Waals surface area contributed by atoms with Crippen molar-refractivity contribution in [1.82, 2.24) is 10.0 Å². The highest BCUT2D eigenvalue weighted by Crippen LogP contribution is 2.12. The Bertz CT molecular complexity index is 513. The maximum atomic E-state index is 13.4. The van der Waals surface area contributed by atoms with Crippen molar-refractivity contribution in [2.24, 2.45) is 5.92 Å². The molecule has 1 aromatic carbocycles. The minimum Gasteiger partial charge on any atom is -0.316 e. The minimum absolute atomic E-state index is 0.00908. The van der Waals surface area contributed by atoms with Crippen molar-refractivity contribution in [2.45, 2.75) is 19.4 Å². The van der Waals surface area contributed by atoms with Gasteiger partial charge in [-0.05, 0) is 37.9 Å². The summed E-state index contributed by atoms with van der Waals surface area (Å²) in [5, 5.41) is 3.19. The third-order valence-corrected chi connectivity index (χ3v) is 4.79. The highest BCUT2D eigenvalue weighted by Gasteiger charge is 2.21. The predicted octanol–water partition coefficient (Wildman–Crippen LogP) is 1.24. The molecular weight excluding hydrogens is 267 g/mol. The van der Waals surface area contributed by atoms with Crippen molar-refractivity contribution in [3.63, 3.8) is 0 Å². The van der Waals surface area contributed by atoms with Gasteiger partial charge in [0.05, 0.1) is 5.75 Å². The summed E-state index contributed by atoms with van der Waals surface area (Å²) in [5.41, 5.74) is 0.368. The lowest BCUT2D eigenvalue weighted by Gasteiger charge is -2.22. The molecule has 19 heavy (non-hydrogen) atoms. The van der Waals surface area contributed by atoms with Gasteiger partial charge in [0, 0.05) is 12.1 Å². The van der Waals surface area contributed by atoms with Crippen molar-refractivity contribution in [2.75, 3.05) is 18.8 Å². The van der Waals surface area contributed by atoms with E-state index < -0.39 is 10.0 Å². The molecule has 0 amide bonds. The molecule has 0 bridgehead atoms. The third kappa shape index (κ3) is 4.56. The fourth-order valence-corrected chi connectivity index (χ4v) is 3.66. The summed E-state index contributed by atoms with van der Waals surface area (Å²) in [7, 11) is -3.35. The van der Waals surface area contributed by atoms with E-state index in [-0.39, 0.29) is 24.0 Å². The summed E-state index contributed by atoms with van der Waals surface area (Å²) in [5.74, 6) is -0.134. The molecule has 1 aliphatic heterocycles. The van der Waals surface area contributed by atoms with Gasteiger partial charge in [-0.1, -0.05) is 18.2 Å².